The third-order valence-electron chi connectivity index (χ3n) is 5.48. The Hall–Kier alpha value is -2.17. The number of hydrogen-bond donors (Lipinski definition) is 1. The minimum Gasteiger partial charge on any atom is -0.324 e. The van der Waals surface area contributed by atoms with Gasteiger partial charge in [0, 0.05) is 38.4 Å². The quantitative estimate of drug-likeness (QED) is 0.878. The van der Waals surface area contributed by atoms with Crippen LogP contribution >= 0.6 is 0 Å². The van der Waals surface area contributed by atoms with Gasteiger partial charge in [0.05, 0.1) is 6.54 Å². The van der Waals surface area contributed by atoms with Gasteiger partial charge in [-0.1, -0.05) is 42.0 Å². The Morgan fingerprint density at radius 3 is 2.19 bits per heavy atom. The summed E-state index contributed by atoms with van der Waals surface area (Å²) in [6.45, 7) is 13.7. The van der Waals surface area contributed by atoms with E-state index in [2.05, 4.69) is 47.2 Å². The van der Waals surface area contributed by atoms with Gasteiger partial charge >= 0.3 is 0 Å². The fourth-order valence-corrected chi connectivity index (χ4v) is 3.71. The minimum atomic E-state index is 0.0791. The topological polar surface area (TPSA) is 35.6 Å². The molecule has 0 saturated carbocycles. The molecule has 1 aliphatic rings. The predicted octanol–water partition coefficient (Wildman–Crippen LogP) is 3.68. The summed E-state index contributed by atoms with van der Waals surface area (Å²) in [4.78, 5) is 17.2. The first-order chi connectivity index (χ1) is 12.9. The molecule has 2 aromatic carbocycles. The fourth-order valence-electron chi connectivity index (χ4n) is 3.71. The molecule has 27 heavy (non-hydrogen) atoms. The van der Waals surface area contributed by atoms with Crippen LogP contribution in [0.1, 0.15) is 27.8 Å². The molecule has 4 heteroatoms. The van der Waals surface area contributed by atoms with E-state index < -0.39 is 0 Å². The monoisotopic (exact) mass is 365 g/mol. The Balaban J connectivity index is 1.49. The Labute approximate surface area is 163 Å². The predicted molar refractivity (Wildman–Crippen MR) is 112 cm³/mol. The second-order valence-corrected chi connectivity index (χ2v) is 7.80. The third-order valence-corrected chi connectivity index (χ3v) is 5.48. The van der Waals surface area contributed by atoms with Crippen LogP contribution in [0.5, 0.6) is 0 Å². The average molecular weight is 366 g/mol. The molecule has 1 fully saturated rings. The summed E-state index contributed by atoms with van der Waals surface area (Å²) in [6, 6.07) is 12.8. The summed E-state index contributed by atoms with van der Waals surface area (Å²) in [5, 5.41) is 3.10. The summed E-state index contributed by atoms with van der Waals surface area (Å²) < 4.78 is 0. The lowest BCUT2D eigenvalue weighted by atomic mass is 10.0. The maximum atomic E-state index is 12.5. The molecule has 1 aliphatic heterocycles. The molecule has 1 heterocycles. The second-order valence-electron chi connectivity index (χ2n) is 7.80. The highest BCUT2D eigenvalue weighted by molar-refractivity contribution is 5.93. The lowest BCUT2D eigenvalue weighted by Crippen LogP contribution is -2.48. The maximum Gasteiger partial charge on any atom is 0.238 e. The van der Waals surface area contributed by atoms with Gasteiger partial charge in [-0.05, 0) is 49.9 Å². The van der Waals surface area contributed by atoms with Gasteiger partial charge in [0.2, 0.25) is 5.91 Å². The van der Waals surface area contributed by atoms with Crippen molar-refractivity contribution in [2.24, 2.45) is 0 Å². The zero-order chi connectivity index (χ0) is 19.4. The van der Waals surface area contributed by atoms with Crippen molar-refractivity contribution < 1.29 is 4.79 Å². The summed E-state index contributed by atoms with van der Waals surface area (Å²) in [7, 11) is 0. The molecular formula is C23H31N3O. The fraction of sp³-hybridized carbons (Fsp3) is 0.435. The molecule has 0 spiro atoms. The largest absolute Gasteiger partial charge is 0.324 e. The third kappa shape index (κ3) is 5.18. The number of carbonyl (C=O) groups is 1. The summed E-state index contributed by atoms with van der Waals surface area (Å²) in [6.07, 6.45) is 0. The number of nitrogens with one attached hydrogen (secondary N) is 1. The van der Waals surface area contributed by atoms with Gasteiger partial charge in [-0.15, -0.1) is 0 Å². The Bertz CT molecular complexity index is 787. The maximum absolute atomic E-state index is 12.5. The van der Waals surface area contributed by atoms with Crippen molar-refractivity contribution in [3.63, 3.8) is 0 Å². The molecule has 0 bridgehead atoms. The Morgan fingerprint density at radius 1 is 0.889 bits per heavy atom. The molecule has 1 amide bonds. The molecule has 0 unspecified atom stereocenters. The Kier molecular flexibility index (Phi) is 6.30. The summed E-state index contributed by atoms with van der Waals surface area (Å²) in [5.74, 6) is 0.0791. The molecule has 0 aliphatic carbocycles. The molecule has 0 radical (unpaired) electrons. The van der Waals surface area contributed by atoms with E-state index >= 15 is 0 Å². The number of rotatable bonds is 5. The zero-order valence-corrected chi connectivity index (χ0v) is 17.0. The van der Waals surface area contributed by atoms with Gasteiger partial charge in [-0.3, -0.25) is 14.6 Å². The van der Waals surface area contributed by atoms with Crippen LogP contribution in [-0.2, 0) is 11.3 Å². The number of para-hydroxylation sites is 1. The molecule has 3 rings (SSSR count). The molecule has 1 saturated heterocycles. The van der Waals surface area contributed by atoms with E-state index in [9.17, 15) is 4.79 Å². The summed E-state index contributed by atoms with van der Waals surface area (Å²) in [5.41, 5.74) is 7.27. The van der Waals surface area contributed by atoms with E-state index in [4.69, 9.17) is 0 Å². The van der Waals surface area contributed by atoms with Gasteiger partial charge < -0.3 is 5.32 Å². The lowest BCUT2D eigenvalue weighted by molar-refractivity contribution is -0.117. The van der Waals surface area contributed by atoms with Crippen LogP contribution in [0.15, 0.2) is 36.4 Å². The normalized spacial score (nSPS) is 15.7. The van der Waals surface area contributed by atoms with Crippen molar-refractivity contribution in [3.8, 4) is 0 Å². The first kappa shape index (κ1) is 19.6. The van der Waals surface area contributed by atoms with Crippen molar-refractivity contribution in [2.45, 2.75) is 34.2 Å². The first-order valence-electron chi connectivity index (χ1n) is 9.79. The number of benzene rings is 2. The smallest absolute Gasteiger partial charge is 0.238 e. The van der Waals surface area contributed by atoms with Crippen LogP contribution < -0.4 is 5.32 Å². The molecule has 0 aromatic heterocycles. The van der Waals surface area contributed by atoms with Crippen molar-refractivity contribution >= 4 is 11.6 Å². The van der Waals surface area contributed by atoms with Crippen LogP contribution in [0.25, 0.3) is 0 Å². The highest BCUT2D eigenvalue weighted by Gasteiger charge is 2.20. The van der Waals surface area contributed by atoms with E-state index in [1.807, 2.05) is 32.0 Å². The summed E-state index contributed by atoms with van der Waals surface area (Å²) >= 11 is 0. The molecule has 2 aromatic rings. The minimum absolute atomic E-state index is 0.0791. The van der Waals surface area contributed by atoms with E-state index in [-0.39, 0.29) is 5.91 Å². The number of piperazine rings is 1. The number of nitrogens with zero attached hydrogens (tertiary/aromatic N) is 2. The molecule has 4 nitrogen and oxygen atoms in total. The second kappa shape index (κ2) is 8.68. The van der Waals surface area contributed by atoms with Crippen molar-refractivity contribution in [1.29, 1.82) is 0 Å². The first-order valence-corrected chi connectivity index (χ1v) is 9.79. The van der Waals surface area contributed by atoms with E-state index in [1.165, 1.54) is 16.7 Å². The van der Waals surface area contributed by atoms with E-state index in [0.29, 0.717) is 6.54 Å². The highest BCUT2D eigenvalue weighted by Crippen LogP contribution is 2.19. The SMILES string of the molecule is Cc1ccc(C)c(CN2CCN(CC(=O)Nc3c(C)cccc3C)CC2)c1. The lowest BCUT2D eigenvalue weighted by Gasteiger charge is -2.34. The molecule has 1 N–H and O–H groups in total. The number of aryl methyl sites for hydroxylation is 4. The number of amides is 1. The Morgan fingerprint density at radius 2 is 1.52 bits per heavy atom. The van der Waals surface area contributed by atoms with Crippen LogP contribution in [0.4, 0.5) is 5.69 Å². The number of anilines is 1. The average Bonchev–Trinajstić information content (AvgIpc) is 2.63. The van der Waals surface area contributed by atoms with Gasteiger partial charge in [-0.25, -0.2) is 0 Å². The molecule has 144 valence electrons. The number of carbonyl (C=O) groups excluding carboxylic acids is 1. The van der Waals surface area contributed by atoms with Crippen LogP contribution in [0.3, 0.4) is 0 Å². The standard InChI is InChI=1S/C23H31N3O/c1-17-8-9-18(2)21(14-17)15-25-10-12-26(13-11-25)16-22(27)24-23-19(3)6-5-7-20(23)4/h5-9,14H,10-13,15-16H2,1-4H3,(H,24,27). The molecule has 0 atom stereocenters. The number of hydrogen-bond acceptors (Lipinski definition) is 3. The van der Waals surface area contributed by atoms with Crippen LogP contribution in [0.2, 0.25) is 0 Å². The van der Waals surface area contributed by atoms with Crippen molar-refractivity contribution in [2.75, 3.05) is 38.0 Å². The van der Waals surface area contributed by atoms with Crippen molar-refractivity contribution in [3.05, 3.63) is 64.2 Å². The zero-order valence-electron chi connectivity index (χ0n) is 17.0. The van der Waals surface area contributed by atoms with Gasteiger partial charge in [-0.2, -0.15) is 0 Å². The van der Waals surface area contributed by atoms with Gasteiger partial charge in [0.15, 0.2) is 0 Å². The highest BCUT2D eigenvalue weighted by atomic mass is 16.2. The van der Waals surface area contributed by atoms with Crippen LogP contribution in [0, 0.1) is 27.7 Å². The van der Waals surface area contributed by atoms with Crippen molar-refractivity contribution in [1.82, 2.24) is 9.80 Å². The van der Waals surface area contributed by atoms with Gasteiger partial charge in [0.1, 0.15) is 0 Å². The molecular weight excluding hydrogens is 334 g/mol. The van der Waals surface area contributed by atoms with Gasteiger partial charge in [0.25, 0.3) is 0 Å². The van der Waals surface area contributed by atoms with E-state index in [1.54, 1.807) is 0 Å². The van der Waals surface area contributed by atoms with Crippen LogP contribution in [-0.4, -0.2) is 48.4 Å². The van der Waals surface area contributed by atoms with E-state index in [0.717, 1.165) is 49.5 Å².